The summed E-state index contributed by atoms with van der Waals surface area (Å²) in [4.78, 5) is 22.7. The van der Waals surface area contributed by atoms with E-state index < -0.39 is 11.9 Å². The predicted molar refractivity (Wildman–Crippen MR) is 92.1 cm³/mol. The average molecular weight is 342 g/mol. The molecule has 2 N–H and O–H groups in total. The Morgan fingerprint density at radius 1 is 1.04 bits per heavy atom. The second kappa shape index (κ2) is 8.83. The predicted octanol–water partition coefficient (Wildman–Crippen LogP) is 2.64. The lowest BCUT2D eigenvalue weighted by atomic mass is 9.97. The zero-order chi connectivity index (χ0) is 18.2. The van der Waals surface area contributed by atoms with E-state index in [1.165, 1.54) is 18.2 Å². The van der Waals surface area contributed by atoms with Crippen molar-refractivity contribution >= 4 is 22.7 Å². The van der Waals surface area contributed by atoms with Gasteiger partial charge in [-0.15, -0.1) is 0 Å². The van der Waals surface area contributed by atoms with Gasteiger partial charge in [0, 0.05) is 12.2 Å². The smallest absolute Gasteiger partial charge is 0.337 e. The fourth-order valence-corrected chi connectivity index (χ4v) is 2.31. The Labute approximate surface area is 145 Å². The van der Waals surface area contributed by atoms with Crippen molar-refractivity contribution in [3.05, 3.63) is 47.0 Å². The molecular weight excluding hydrogens is 324 g/mol. The fraction of sp³-hybridized carbons (Fsp3) is 0.263. The molecule has 0 aliphatic carbocycles. The molecule has 6 nitrogen and oxygen atoms in total. The number of ether oxygens (including phenoxy) is 2. The molecule has 0 aliphatic heterocycles. The van der Waals surface area contributed by atoms with Gasteiger partial charge in [-0.3, -0.25) is 0 Å². The molecule has 0 aromatic heterocycles. The van der Waals surface area contributed by atoms with Crippen molar-refractivity contribution < 1.29 is 29.3 Å². The molecule has 25 heavy (non-hydrogen) atoms. The number of aromatic carboxylic acids is 2. The van der Waals surface area contributed by atoms with Gasteiger partial charge in [0.1, 0.15) is 6.61 Å². The molecule has 2 aromatic carbocycles. The highest BCUT2D eigenvalue weighted by Gasteiger charge is 2.14. The van der Waals surface area contributed by atoms with E-state index in [2.05, 4.69) is 11.8 Å². The Morgan fingerprint density at radius 3 is 2.48 bits per heavy atom. The summed E-state index contributed by atoms with van der Waals surface area (Å²) in [6.07, 6.45) is 0. The maximum atomic E-state index is 11.6. The minimum atomic E-state index is -1.12. The molecule has 0 atom stereocenters. The first-order chi connectivity index (χ1) is 12.0. The Balaban J connectivity index is 2.26. The van der Waals surface area contributed by atoms with Crippen LogP contribution in [-0.2, 0) is 9.47 Å². The first kappa shape index (κ1) is 18.5. The highest BCUT2D eigenvalue weighted by Crippen LogP contribution is 2.23. The van der Waals surface area contributed by atoms with Crippen LogP contribution in [0.25, 0.3) is 10.8 Å². The molecule has 0 fully saturated rings. The number of carboxylic acid groups (broad SMARTS) is 2. The SMILES string of the molecule is CCOCCOCC#Cc1ccc2cc(C(=O)O)ccc2c1C(=O)O. The number of benzene rings is 2. The summed E-state index contributed by atoms with van der Waals surface area (Å²) >= 11 is 0. The van der Waals surface area contributed by atoms with Crippen LogP contribution in [-0.4, -0.2) is 48.6 Å². The van der Waals surface area contributed by atoms with E-state index in [0.29, 0.717) is 36.2 Å². The zero-order valence-electron chi connectivity index (χ0n) is 13.7. The molecule has 0 heterocycles. The summed E-state index contributed by atoms with van der Waals surface area (Å²) < 4.78 is 10.4. The van der Waals surface area contributed by atoms with Gasteiger partial charge in [0.25, 0.3) is 0 Å². The molecule has 2 rings (SSSR count). The van der Waals surface area contributed by atoms with Crippen molar-refractivity contribution in [2.75, 3.05) is 26.4 Å². The number of fused-ring (bicyclic) bond motifs is 1. The summed E-state index contributed by atoms with van der Waals surface area (Å²) in [5.74, 6) is 3.41. The van der Waals surface area contributed by atoms with E-state index in [1.807, 2.05) is 6.92 Å². The van der Waals surface area contributed by atoms with Gasteiger partial charge in [-0.05, 0) is 35.9 Å². The van der Waals surface area contributed by atoms with E-state index >= 15 is 0 Å². The molecule has 0 saturated carbocycles. The molecule has 0 unspecified atom stereocenters. The quantitative estimate of drug-likeness (QED) is 0.593. The Hall–Kier alpha value is -2.88. The molecule has 0 saturated heterocycles. The second-order valence-electron chi connectivity index (χ2n) is 5.09. The third-order valence-electron chi connectivity index (χ3n) is 3.45. The first-order valence-corrected chi connectivity index (χ1v) is 7.72. The van der Waals surface area contributed by atoms with Crippen molar-refractivity contribution in [2.24, 2.45) is 0 Å². The number of carbonyl (C=O) groups is 2. The Kier molecular flexibility index (Phi) is 6.52. The van der Waals surface area contributed by atoms with Crippen LogP contribution >= 0.6 is 0 Å². The van der Waals surface area contributed by atoms with E-state index in [-0.39, 0.29) is 17.7 Å². The van der Waals surface area contributed by atoms with Gasteiger partial charge in [0.2, 0.25) is 0 Å². The normalized spacial score (nSPS) is 10.3. The molecule has 2 aromatic rings. The summed E-state index contributed by atoms with van der Waals surface area (Å²) in [5, 5.41) is 19.5. The minimum absolute atomic E-state index is 0.0521. The van der Waals surface area contributed by atoms with Crippen molar-refractivity contribution in [1.82, 2.24) is 0 Å². The lowest BCUT2D eigenvalue weighted by Crippen LogP contribution is -2.04. The average Bonchev–Trinajstić information content (AvgIpc) is 2.59. The van der Waals surface area contributed by atoms with Gasteiger partial charge in [-0.25, -0.2) is 9.59 Å². The Bertz CT molecular complexity index is 844. The standard InChI is InChI=1S/C19H18O6/c1-2-24-10-11-25-9-3-4-13-5-6-14-12-15(18(20)21)7-8-16(14)17(13)19(22)23/h5-8,12H,2,9-11H2,1H3,(H,20,21)(H,22,23). The van der Waals surface area contributed by atoms with Crippen molar-refractivity contribution in [3.63, 3.8) is 0 Å². The number of hydrogen-bond acceptors (Lipinski definition) is 4. The van der Waals surface area contributed by atoms with Crippen LogP contribution < -0.4 is 0 Å². The molecular formula is C19H18O6. The van der Waals surface area contributed by atoms with E-state index in [0.717, 1.165) is 0 Å². The topological polar surface area (TPSA) is 93.1 Å². The molecule has 0 bridgehead atoms. The molecule has 0 radical (unpaired) electrons. The van der Waals surface area contributed by atoms with Gasteiger partial charge < -0.3 is 19.7 Å². The van der Waals surface area contributed by atoms with E-state index in [1.54, 1.807) is 12.1 Å². The van der Waals surface area contributed by atoms with Crippen molar-refractivity contribution in [2.45, 2.75) is 6.92 Å². The summed E-state index contributed by atoms with van der Waals surface area (Å²) in [6, 6.07) is 7.55. The monoisotopic (exact) mass is 342 g/mol. The largest absolute Gasteiger partial charge is 0.478 e. The van der Waals surface area contributed by atoms with E-state index in [9.17, 15) is 14.7 Å². The second-order valence-corrected chi connectivity index (χ2v) is 5.09. The lowest BCUT2D eigenvalue weighted by molar-refractivity contribution is 0.0662. The number of carboxylic acids is 2. The van der Waals surface area contributed by atoms with Crippen LogP contribution in [0.5, 0.6) is 0 Å². The Morgan fingerprint density at radius 2 is 1.80 bits per heavy atom. The van der Waals surface area contributed by atoms with Crippen LogP contribution in [0.4, 0.5) is 0 Å². The molecule has 0 amide bonds. The molecule has 130 valence electrons. The van der Waals surface area contributed by atoms with Crippen LogP contribution in [0.3, 0.4) is 0 Å². The summed E-state index contributed by atoms with van der Waals surface area (Å²) in [5.41, 5.74) is 0.512. The highest BCUT2D eigenvalue weighted by atomic mass is 16.5. The van der Waals surface area contributed by atoms with Gasteiger partial charge >= 0.3 is 11.9 Å². The van der Waals surface area contributed by atoms with Crippen LogP contribution in [0.2, 0.25) is 0 Å². The van der Waals surface area contributed by atoms with Gasteiger partial charge in [0.15, 0.2) is 0 Å². The number of hydrogen-bond donors (Lipinski definition) is 2. The number of rotatable bonds is 7. The third kappa shape index (κ3) is 4.80. The lowest BCUT2D eigenvalue weighted by Gasteiger charge is -2.06. The van der Waals surface area contributed by atoms with Gasteiger partial charge in [-0.2, -0.15) is 0 Å². The minimum Gasteiger partial charge on any atom is -0.478 e. The first-order valence-electron chi connectivity index (χ1n) is 7.72. The van der Waals surface area contributed by atoms with Crippen LogP contribution in [0.1, 0.15) is 33.2 Å². The molecule has 6 heteroatoms. The van der Waals surface area contributed by atoms with Crippen LogP contribution in [0, 0.1) is 11.8 Å². The summed E-state index contributed by atoms with van der Waals surface area (Å²) in [6.45, 7) is 3.59. The van der Waals surface area contributed by atoms with Gasteiger partial charge in [0.05, 0.1) is 24.3 Å². The molecule has 0 aliphatic rings. The highest BCUT2D eigenvalue weighted by molar-refractivity contribution is 6.07. The fourth-order valence-electron chi connectivity index (χ4n) is 2.31. The van der Waals surface area contributed by atoms with Crippen LogP contribution in [0.15, 0.2) is 30.3 Å². The van der Waals surface area contributed by atoms with Crippen molar-refractivity contribution in [1.29, 1.82) is 0 Å². The molecule has 0 spiro atoms. The zero-order valence-corrected chi connectivity index (χ0v) is 13.7. The van der Waals surface area contributed by atoms with E-state index in [4.69, 9.17) is 14.6 Å². The summed E-state index contributed by atoms with van der Waals surface area (Å²) in [7, 11) is 0. The van der Waals surface area contributed by atoms with Gasteiger partial charge in [-0.1, -0.05) is 24.0 Å². The van der Waals surface area contributed by atoms with Crippen molar-refractivity contribution in [3.8, 4) is 11.8 Å². The maximum absolute atomic E-state index is 11.6. The maximum Gasteiger partial charge on any atom is 0.337 e. The third-order valence-corrected chi connectivity index (χ3v) is 3.45.